The molecule has 0 saturated heterocycles. The molecule has 208 valence electrons. The van der Waals surface area contributed by atoms with Gasteiger partial charge in [-0.1, -0.05) is 6.42 Å². The number of nitriles is 1. The standard InChI is InChI=1S/C30H32FN5O4/c1-17(2)36-26-11-9-20(13-24(26)29(39)35(30(36)40)16-18-6-7-18)28(38)33-22-5-3-4-19(12-22)27(37)34-23-10-8-21(15-32)25(31)14-23/h8-11,13-14,17-19,22H,3-7,12,16H2,1-2H3,(H,33,38)(H,34,37)/t19-,22+/m0/s1. The van der Waals surface area contributed by atoms with Gasteiger partial charge in [0.1, 0.15) is 11.9 Å². The number of amides is 2. The molecule has 3 aromatic rings. The average molecular weight is 546 g/mol. The summed E-state index contributed by atoms with van der Waals surface area (Å²) in [5.41, 5.74) is 0.287. The van der Waals surface area contributed by atoms with Crippen molar-refractivity contribution in [1.82, 2.24) is 14.5 Å². The third-order valence-corrected chi connectivity index (χ3v) is 7.82. The molecular weight excluding hydrogens is 513 g/mol. The average Bonchev–Trinajstić information content (AvgIpc) is 3.75. The number of carbonyl (C=O) groups excluding carboxylic acids is 2. The monoisotopic (exact) mass is 545 g/mol. The predicted molar refractivity (Wildman–Crippen MR) is 149 cm³/mol. The van der Waals surface area contributed by atoms with E-state index in [0.29, 0.717) is 48.2 Å². The topological polar surface area (TPSA) is 126 Å². The van der Waals surface area contributed by atoms with Gasteiger partial charge in [-0.25, -0.2) is 9.18 Å². The third kappa shape index (κ3) is 5.55. The lowest BCUT2D eigenvalue weighted by Gasteiger charge is -2.29. The van der Waals surface area contributed by atoms with E-state index in [4.69, 9.17) is 5.26 Å². The minimum absolute atomic E-state index is 0.0959. The molecule has 2 saturated carbocycles. The van der Waals surface area contributed by atoms with Crippen LogP contribution in [0.25, 0.3) is 10.9 Å². The highest BCUT2D eigenvalue weighted by atomic mass is 19.1. The van der Waals surface area contributed by atoms with E-state index in [-0.39, 0.29) is 52.3 Å². The first-order chi connectivity index (χ1) is 19.2. The minimum Gasteiger partial charge on any atom is -0.349 e. The summed E-state index contributed by atoms with van der Waals surface area (Å²) in [7, 11) is 0. The van der Waals surface area contributed by atoms with Gasteiger partial charge in [0, 0.05) is 35.8 Å². The van der Waals surface area contributed by atoms with Crippen LogP contribution in [0.2, 0.25) is 0 Å². The summed E-state index contributed by atoms with van der Waals surface area (Å²) in [6, 6.07) is 10.1. The summed E-state index contributed by atoms with van der Waals surface area (Å²) in [5.74, 6) is -1.35. The van der Waals surface area contributed by atoms with Crippen LogP contribution in [0.5, 0.6) is 0 Å². The Morgan fingerprint density at radius 1 is 1.10 bits per heavy atom. The molecule has 9 nitrogen and oxygen atoms in total. The van der Waals surface area contributed by atoms with Gasteiger partial charge < -0.3 is 10.6 Å². The number of fused-ring (bicyclic) bond motifs is 1. The number of anilines is 1. The van der Waals surface area contributed by atoms with Gasteiger partial charge in [0.25, 0.3) is 11.5 Å². The lowest BCUT2D eigenvalue weighted by atomic mass is 9.85. The Morgan fingerprint density at radius 3 is 2.55 bits per heavy atom. The van der Waals surface area contributed by atoms with Gasteiger partial charge in [0.2, 0.25) is 5.91 Å². The molecule has 0 aliphatic heterocycles. The highest BCUT2D eigenvalue weighted by molar-refractivity contribution is 5.98. The number of benzene rings is 2. The summed E-state index contributed by atoms with van der Waals surface area (Å²) < 4.78 is 16.8. The number of halogens is 1. The lowest BCUT2D eigenvalue weighted by molar-refractivity contribution is -0.121. The Labute approximate surface area is 230 Å². The Kier molecular flexibility index (Phi) is 7.57. The van der Waals surface area contributed by atoms with Crippen molar-refractivity contribution in [1.29, 1.82) is 5.26 Å². The van der Waals surface area contributed by atoms with Crippen LogP contribution in [-0.4, -0.2) is 27.0 Å². The molecule has 40 heavy (non-hydrogen) atoms. The number of hydrogen-bond acceptors (Lipinski definition) is 5. The second kappa shape index (κ2) is 11.1. The Hall–Kier alpha value is -4.26. The van der Waals surface area contributed by atoms with Crippen LogP contribution in [0.3, 0.4) is 0 Å². The summed E-state index contributed by atoms with van der Waals surface area (Å²) in [6.07, 6.45) is 4.49. The van der Waals surface area contributed by atoms with E-state index >= 15 is 0 Å². The number of nitrogens with one attached hydrogen (secondary N) is 2. The normalized spacial score (nSPS) is 18.9. The van der Waals surface area contributed by atoms with E-state index in [1.807, 2.05) is 13.8 Å². The quantitative estimate of drug-likeness (QED) is 0.463. The molecular formula is C30H32FN5O4. The molecule has 0 spiro atoms. The maximum atomic E-state index is 13.9. The van der Waals surface area contributed by atoms with Crippen molar-refractivity contribution in [3.63, 3.8) is 0 Å². The molecule has 0 bridgehead atoms. The molecule has 0 radical (unpaired) electrons. The Balaban J connectivity index is 1.32. The molecule has 2 aliphatic carbocycles. The molecule has 2 aliphatic rings. The van der Waals surface area contributed by atoms with E-state index < -0.39 is 5.82 Å². The maximum Gasteiger partial charge on any atom is 0.331 e. The second-order valence-electron chi connectivity index (χ2n) is 11.2. The molecule has 10 heteroatoms. The number of nitrogens with zero attached hydrogens (tertiary/aromatic N) is 3. The van der Waals surface area contributed by atoms with Crippen LogP contribution in [0.4, 0.5) is 10.1 Å². The highest BCUT2D eigenvalue weighted by Gasteiger charge is 2.29. The molecule has 2 N–H and O–H groups in total. The maximum absolute atomic E-state index is 13.9. The Morgan fingerprint density at radius 2 is 1.88 bits per heavy atom. The second-order valence-corrected chi connectivity index (χ2v) is 11.2. The smallest absolute Gasteiger partial charge is 0.331 e. The zero-order chi connectivity index (χ0) is 28.6. The molecule has 1 heterocycles. The van der Waals surface area contributed by atoms with Crippen molar-refractivity contribution in [2.75, 3.05) is 5.32 Å². The Bertz CT molecular complexity index is 1650. The van der Waals surface area contributed by atoms with E-state index in [1.165, 1.54) is 16.7 Å². The first kappa shape index (κ1) is 27.3. The summed E-state index contributed by atoms with van der Waals surface area (Å²) in [6.45, 7) is 4.17. The van der Waals surface area contributed by atoms with Crippen LogP contribution in [0.15, 0.2) is 46.0 Å². The van der Waals surface area contributed by atoms with E-state index in [0.717, 1.165) is 25.3 Å². The van der Waals surface area contributed by atoms with Gasteiger partial charge in [0.05, 0.1) is 16.5 Å². The lowest BCUT2D eigenvalue weighted by Crippen LogP contribution is -2.42. The zero-order valence-corrected chi connectivity index (χ0v) is 22.6. The molecule has 2 amide bonds. The van der Waals surface area contributed by atoms with Crippen LogP contribution >= 0.6 is 0 Å². The number of aromatic nitrogens is 2. The van der Waals surface area contributed by atoms with Gasteiger partial charge in [-0.05, 0) is 88.3 Å². The van der Waals surface area contributed by atoms with Crippen molar-refractivity contribution in [3.05, 3.63) is 74.2 Å². The van der Waals surface area contributed by atoms with E-state index in [1.54, 1.807) is 28.8 Å². The molecule has 2 atom stereocenters. The van der Waals surface area contributed by atoms with Crippen LogP contribution in [-0.2, 0) is 11.3 Å². The highest BCUT2D eigenvalue weighted by Crippen LogP contribution is 2.30. The van der Waals surface area contributed by atoms with Gasteiger partial charge in [0.15, 0.2) is 0 Å². The van der Waals surface area contributed by atoms with Gasteiger partial charge >= 0.3 is 5.69 Å². The summed E-state index contributed by atoms with van der Waals surface area (Å²) in [5, 5.41) is 14.9. The number of hydrogen-bond donors (Lipinski definition) is 2. The van der Waals surface area contributed by atoms with E-state index in [2.05, 4.69) is 10.6 Å². The van der Waals surface area contributed by atoms with Crippen molar-refractivity contribution in [3.8, 4) is 6.07 Å². The fourth-order valence-corrected chi connectivity index (χ4v) is 5.50. The minimum atomic E-state index is -0.700. The van der Waals surface area contributed by atoms with Crippen LogP contribution in [0, 0.1) is 29.0 Å². The largest absolute Gasteiger partial charge is 0.349 e. The zero-order valence-electron chi connectivity index (χ0n) is 22.6. The number of rotatable bonds is 7. The van der Waals surface area contributed by atoms with Gasteiger partial charge in [-0.3, -0.25) is 23.5 Å². The third-order valence-electron chi connectivity index (χ3n) is 7.82. The number of carbonyl (C=O) groups is 2. The van der Waals surface area contributed by atoms with Crippen molar-refractivity contribution < 1.29 is 14.0 Å². The van der Waals surface area contributed by atoms with Gasteiger partial charge in [-0.15, -0.1) is 0 Å². The first-order valence-electron chi connectivity index (χ1n) is 13.8. The molecule has 1 aromatic heterocycles. The molecule has 2 aromatic carbocycles. The SMILES string of the molecule is CC(C)n1c(=O)n(CC2CC2)c(=O)c2cc(C(=O)N[C@@H]3CCC[C@H](C(=O)Nc4ccc(C#N)c(F)c4)C3)ccc21. The predicted octanol–water partition coefficient (Wildman–Crippen LogP) is 4.09. The first-order valence-corrected chi connectivity index (χ1v) is 13.8. The summed E-state index contributed by atoms with van der Waals surface area (Å²) in [4.78, 5) is 52.5. The van der Waals surface area contributed by atoms with Gasteiger partial charge in [-0.2, -0.15) is 5.26 Å². The van der Waals surface area contributed by atoms with Crippen molar-refractivity contribution in [2.24, 2.45) is 11.8 Å². The van der Waals surface area contributed by atoms with E-state index in [9.17, 15) is 23.6 Å². The fourth-order valence-electron chi connectivity index (χ4n) is 5.50. The summed E-state index contributed by atoms with van der Waals surface area (Å²) >= 11 is 0. The van der Waals surface area contributed by atoms with Crippen LogP contribution < -0.4 is 21.9 Å². The van der Waals surface area contributed by atoms with Crippen molar-refractivity contribution >= 4 is 28.4 Å². The van der Waals surface area contributed by atoms with Crippen LogP contribution in [0.1, 0.15) is 74.3 Å². The molecule has 0 unspecified atom stereocenters. The fraction of sp³-hybridized carbons (Fsp3) is 0.433. The van der Waals surface area contributed by atoms with Crippen molar-refractivity contribution in [2.45, 2.75) is 71.0 Å². The molecule has 2 fully saturated rings. The molecule has 5 rings (SSSR count).